The summed E-state index contributed by atoms with van der Waals surface area (Å²) in [7, 11) is 0. The molecule has 1 atom stereocenters. The van der Waals surface area contributed by atoms with E-state index in [0.29, 0.717) is 12.0 Å². The molecule has 0 saturated carbocycles. The molecule has 0 bridgehead atoms. The molecule has 3 rings (SSSR count). The van der Waals surface area contributed by atoms with E-state index >= 15 is 0 Å². The summed E-state index contributed by atoms with van der Waals surface area (Å²) in [5.74, 6) is 0.562. The van der Waals surface area contributed by atoms with Crippen molar-refractivity contribution in [3.05, 3.63) is 59.7 Å². The van der Waals surface area contributed by atoms with Crippen LogP contribution in [0.3, 0.4) is 0 Å². The van der Waals surface area contributed by atoms with Gasteiger partial charge in [0.2, 0.25) is 0 Å². The van der Waals surface area contributed by atoms with Gasteiger partial charge in [-0.25, -0.2) is 0 Å². The van der Waals surface area contributed by atoms with E-state index in [-0.39, 0.29) is 5.54 Å². The zero-order valence-electron chi connectivity index (χ0n) is 14.0. The minimum atomic E-state index is 0.0595. The molecule has 2 aliphatic rings. The van der Waals surface area contributed by atoms with Gasteiger partial charge in [0.25, 0.3) is 0 Å². The Balaban J connectivity index is 1.78. The summed E-state index contributed by atoms with van der Waals surface area (Å²) in [6, 6.07) is 9.54. The highest BCUT2D eigenvalue weighted by Crippen LogP contribution is 2.28. The summed E-state index contributed by atoms with van der Waals surface area (Å²) in [4.78, 5) is 2.67. The number of rotatable bonds is 3. The average molecular weight is 296 g/mol. The second kappa shape index (κ2) is 6.39. The fraction of sp³-hybridized carbons (Fsp3) is 0.500. The first-order chi connectivity index (χ1) is 10.6. The Hall–Kier alpha value is -1.38. The predicted molar refractivity (Wildman–Crippen MR) is 94.1 cm³/mol. The van der Waals surface area contributed by atoms with E-state index in [9.17, 15) is 0 Å². The number of allylic oxidation sites excluding steroid dienone is 2. The molecule has 0 aromatic heterocycles. The Kier molecular flexibility index (Phi) is 4.51. The van der Waals surface area contributed by atoms with Crippen molar-refractivity contribution in [1.29, 1.82) is 0 Å². The molecule has 1 N–H and O–H groups in total. The van der Waals surface area contributed by atoms with Crippen molar-refractivity contribution >= 4 is 0 Å². The molecule has 1 heterocycles. The molecule has 1 aromatic carbocycles. The molecular formula is C20H28N2. The van der Waals surface area contributed by atoms with E-state index in [1.807, 2.05) is 0 Å². The molecule has 1 fully saturated rings. The summed E-state index contributed by atoms with van der Waals surface area (Å²) < 4.78 is 0. The first-order valence-corrected chi connectivity index (χ1v) is 8.48. The highest BCUT2D eigenvalue weighted by atomic mass is 15.3. The molecular weight excluding hydrogens is 268 g/mol. The monoisotopic (exact) mass is 296 g/mol. The molecule has 2 nitrogen and oxygen atoms in total. The van der Waals surface area contributed by atoms with E-state index < -0.39 is 0 Å². The Bertz CT molecular complexity index is 542. The summed E-state index contributed by atoms with van der Waals surface area (Å²) in [5.41, 5.74) is 2.83. The smallest absolute Gasteiger partial charge is 0.0550 e. The Labute approximate surface area is 134 Å². The van der Waals surface area contributed by atoms with Crippen molar-refractivity contribution in [1.82, 2.24) is 10.2 Å². The second-order valence-corrected chi connectivity index (χ2v) is 7.04. The molecule has 1 saturated heterocycles. The lowest BCUT2D eigenvalue weighted by Crippen LogP contribution is -2.60. The third-order valence-electron chi connectivity index (χ3n) is 5.04. The van der Waals surface area contributed by atoms with Crippen molar-refractivity contribution in [2.45, 2.75) is 38.8 Å². The molecule has 1 aromatic rings. The number of benzene rings is 1. The van der Waals surface area contributed by atoms with Crippen LogP contribution in [-0.4, -0.2) is 36.1 Å². The minimum absolute atomic E-state index is 0.0595. The normalized spacial score (nSPS) is 32.3. The molecule has 0 radical (unpaired) electrons. The van der Waals surface area contributed by atoms with Gasteiger partial charge in [-0.1, -0.05) is 61.1 Å². The van der Waals surface area contributed by atoms with Crippen LogP contribution in [0.2, 0.25) is 0 Å². The van der Waals surface area contributed by atoms with Gasteiger partial charge in [-0.05, 0) is 31.7 Å². The van der Waals surface area contributed by atoms with Crippen molar-refractivity contribution in [2.24, 2.45) is 5.92 Å². The summed E-state index contributed by atoms with van der Waals surface area (Å²) in [5, 5.41) is 3.57. The van der Waals surface area contributed by atoms with Crippen LogP contribution >= 0.6 is 0 Å². The van der Waals surface area contributed by atoms with Crippen molar-refractivity contribution in [2.75, 3.05) is 19.6 Å². The van der Waals surface area contributed by atoms with Gasteiger partial charge in [-0.15, -0.1) is 0 Å². The lowest BCUT2D eigenvalue weighted by atomic mass is 9.87. The van der Waals surface area contributed by atoms with Crippen LogP contribution in [-0.2, 0) is 6.42 Å². The van der Waals surface area contributed by atoms with E-state index in [0.717, 1.165) is 26.1 Å². The SMILES string of the molecule is Cc1ccc(CC2CNCCN2C2(C)C=CC(C)C=C2)cc1. The summed E-state index contributed by atoms with van der Waals surface area (Å²) in [6.45, 7) is 10.00. The molecule has 0 spiro atoms. The number of nitrogens with zero attached hydrogens (tertiary/aromatic N) is 1. The van der Waals surface area contributed by atoms with Crippen LogP contribution in [0.5, 0.6) is 0 Å². The summed E-state index contributed by atoms with van der Waals surface area (Å²) in [6.07, 6.45) is 10.6. The van der Waals surface area contributed by atoms with Gasteiger partial charge in [0.05, 0.1) is 5.54 Å². The molecule has 1 aliphatic carbocycles. The summed E-state index contributed by atoms with van der Waals surface area (Å²) >= 11 is 0. The fourth-order valence-corrected chi connectivity index (χ4v) is 3.58. The van der Waals surface area contributed by atoms with Gasteiger partial charge in [-0.3, -0.25) is 4.90 Å². The predicted octanol–water partition coefficient (Wildman–Crippen LogP) is 3.33. The maximum absolute atomic E-state index is 3.57. The van der Waals surface area contributed by atoms with E-state index in [1.54, 1.807) is 0 Å². The van der Waals surface area contributed by atoms with E-state index in [2.05, 4.69) is 79.6 Å². The Morgan fingerprint density at radius 3 is 2.55 bits per heavy atom. The lowest BCUT2D eigenvalue weighted by Gasteiger charge is -2.47. The average Bonchev–Trinajstić information content (AvgIpc) is 2.53. The van der Waals surface area contributed by atoms with Crippen LogP contribution in [0.15, 0.2) is 48.6 Å². The van der Waals surface area contributed by atoms with Crippen molar-refractivity contribution in [3.63, 3.8) is 0 Å². The van der Waals surface area contributed by atoms with Crippen molar-refractivity contribution < 1.29 is 0 Å². The lowest BCUT2D eigenvalue weighted by molar-refractivity contribution is 0.0947. The first-order valence-electron chi connectivity index (χ1n) is 8.48. The topological polar surface area (TPSA) is 15.3 Å². The highest BCUT2D eigenvalue weighted by molar-refractivity contribution is 5.27. The highest BCUT2D eigenvalue weighted by Gasteiger charge is 2.35. The molecule has 22 heavy (non-hydrogen) atoms. The quantitative estimate of drug-likeness (QED) is 0.861. The zero-order valence-corrected chi connectivity index (χ0v) is 14.0. The van der Waals surface area contributed by atoms with Crippen LogP contribution in [0.1, 0.15) is 25.0 Å². The van der Waals surface area contributed by atoms with E-state index in [1.165, 1.54) is 11.1 Å². The first kappa shape index (κ1) is 15.5. The van der Waals surface area contributed by atoms with Gasteiger partial charge >= 0.3 is 0 Å². The molecule has 1 aliphatic heterocycles. The van der Waals surface area contributed by atoms with Gasteiger partial charge < -0.3 is 5.32 Å². The number of aryl methyl sites for hydroxylation is 1. The maximum Gasteiger partial charge on any atom is 0.0550 e. The van der Waals surface area contributed by atoms with E-state index in [4.69, 9.17) is 0 Å². The third-order valence-corrected chi connectivity index (χ3v) is 5.04. The van der Waals surface area contributed by atoms with Gasteiger partial charge in [-0.2, -0.15) is 0 Å². The molecule has 118 valence electrons. The number of hydrogen-bond acceptors (Lipinski definition) is 2. The van der Waals surface area contributed by atoms with Gasteiger partial charge in [0.15, 0.2) is 0 Å². The minimum Gasteiger partial charge on any atom is -0.314 e. The number of nitrogens with one attached hydrogen (secondary N) is 1. The van der Waals surface area contributed by atoms with Gasteiger partial charge in [0, 0.05) is 25.7 Å². The van der Waals surface area contributed by atoms with Crippen LogP contribution in [0, 0.1) is 12.8 Å². The molecule has 0 amide bonds. The fourth-order valence-electron chi connectivity index (χ4n) is 3.58. The maximum atomic E-state index is 3.57. The molecule has 1 unspecified atom stereocenters. The number of piperazine rings is 1. The largest absolute Gasteiger partial charge is 0.314 e. The van der Waals surface area contributed by atoms with Crippen LogP contribution in [0.4, 0.5) is 0 Å². The Morgan fingerprint density at radius 2 is 1.86 bits per heavy atom. The number of hydrogen-bond donors (Lipinski definition) is 1. The van der Waals surface area contributed by atoms with Crippen LogP contribution in [0.25, 0.3) is 0 Å². The Morgan fingerprint density at radius 1 is 1.18 bits per heavy atom. The third kappa shape index (κ3) is 3.34. The zero-order chi connectivity index (χ0) is 15.6. The van der Waals surface area contributed by atoms with Crippen molar-refractivity contribution in [3.8, 4) is 0 Å². The molecule has 2 heteroatoms. The van der Waals surface area contributed by atoms with Crippen LogP contribution < -0.4 is 5.32 Å². The van der Waals surface area contributed by atoms with Gasteiger partial charge in [0.1, 0.15) is 0 Å². The standard InChI is InChI=1S/C20H28N2/c1-16-4-6-18(7-5-16)14-19-15-21-12-13-22(19)20(3)10-8-17(2)9-11-20/h4-11,17,19,21H,12-15H2,1-3H3. The second-order valence-electron chi connectivity index (χ2n) is 7.04.